The van der Waals surface area contributed by atoms with Gasteiger partial charge in [0.2, 0.25) is 0 Å². The minimum atomic E-state index is -4.24. The Balaban J connectivity index is 1.95. The third-order valence-electron chi connectivity index (χ3n) is 3.58. The van der Waals surface area contributed by atoms with Gasteiger partial charge in [0.05, 0.1) is 5.92 Å². The van der Waals surface area contributed by atoms with E-state index in [1.807, 2.05) is 0 Å². The highest BCUT2D eigenvalue weighted by atomic mass is 19.4. The van der Waals surface area contributed by atoms with Gasteiger partial charge in [0, 0.05) is 38.8 Å². The van der Waals surface area contributed by atoms with Crippen LogP contribution in [0.5, 0.6) is 0 Å². The zero-order chi connectivity index (χ0) is 15.5. The fourth-order valence-electron chi connectivity index (χ4n) is 2.45. The van der Waals surface area contributed by atoms with Gasteiger partial charge in [0.15, 0.2) is 0 Å². The van der Waals surface area contributed by atoms with Crippen molar-refractivity contribution in [3.8, 4) is 0 Å². The van der Waals surface area contributed by atoms with Crippen LogP contribution in [-0.4, -0.2) is 43.8 Å². The Labute approximate surface area is 119 Å². The monoisotopic (exact) mass is 308 g/mol. The largest absolute Gasteiger partial charge is 0.394 e. The molecule has 1 N–H and O–H groups in total. The number of rotatable bonds is 3. The Kier molecular flexibility index (Phi) is 5.16. The van der Waals surface area contributed by atoms with Crippen LogP contribution in [0.3, 0.4) is 0 Å². The van der Waals surface area contributed by atoms with Crippen molar-refractivity contribution in [2.45, 2.75) is 12.6 Å². The molecule has 0 amide bonds. The maximum atomic E-state index is 13.1. The molecule has 7 heteroatoms. The predicted octanol–water partition coefficient (Wildman–Crippen LogP) is 2.59. The molecule has 1 aliphatic rings. The van der Waals surface area contributed by atoms with E-state index in [4.69, 9.17) is 0 Å². The summed E-state index contributed by atoms with van der Waals surface area (Å²) in [6.45, 7) is 1.13. The van der Waals surface area contributed by atoms with Gasteiger partial charge in [-0.1, -0.05) is 0 Å². The van der Waals surface area contributed by atoms with E-state index in [0.717, 1.165) is 6.07 Å². The van der Waals surface area contributed by atoms with Gasteiger partial charge in [-0.15, -0.1) is 0 Å². The van der Waals surface area contributed by atoms with Gasteiger partial charge in [-0.25, -0.2) is 8.78 Å². The first-order chi connectivity index (χ1) is 9.84. The van der Waals surface area contributed by atoms with Crippen LogP contribution in [0.4, 0.5) is 22.0 Å². The molecule has 0 aliphatic carbocycles. The molecular formula is C14H17F5N2. The molecule has 1 fully saturated rings. The standard InChI is InChI=1S/C14H17F5N2/c15-12-5-10(6-13(16)7-12)1-3-21-4-2-20-8-11(9-21)14(17,18)19/h5-7,11,20H,1-4,8-9H2. The van der Waals surface area contributed by atoms with E-state index < -0.39 is 23.7 Å². The van der Waals surface area contributed by atoms with Crippen molar-refractivity contribution >= 4 is 0 Å². The zero-order valence-electron chi connectivity index (χ0n) is 11.4. The number of halogens is 5. The Hall–Kier alpha value is -1.21. The fourth-order valence-corrected chi connectivity index (χ4v) is 2.45. The quantitative estimate of drug-likeness (QED) is 0.864. The number of nitrogens with one attached hydrogen (secondary N) is 1. The molecule has 0 bridgehead atoms. The molecule has 118 valence electrons. The van der Waals surface area contributed by atoms with Crippen LogP contribution in [0.1, 0.15) is 5.56 Å². The van der Waals surface area contributed by atoms with Crippen molar-refractivity contribution in [2.24, 2.45) is 5.92 Å². The molecule has 1 aromatic rings. The molecule has 0 radical (unpaired) electrons. The molecule has 21 heavy (non-hydrogen) atoms. The molecule has 0 spiro atoms. The SMILES string of the molecule is Fc1cc(F)cc(CCN2CCNCC(C(F)(F)F)C2)c1. The van der Waals surface area contributed by atoms with Crippen molar-refractivity contribution in [1.29, 1.82) is 0 Å². The molecule has 1 atom stereocenters. The average Bonchev–Trinajstić information content (AvgIpc) is 2.60. The molecule has 1 saturated heterocycles. The molecule has 1 heterocycles. The lowest BCUT2D eigenvalue weighted by molar-refractivity contribution is -0.175. The number of nitrogens with zero attached hydrogens (tertiary/aromatic N) is 1. The lowest BCUT2D eigenvalue weighted by Crippen LogP contribution is -2.38. The molecule has 1 unspecified atom stereocenters. The summed E-state index contributed by atoms with van der Waals surface area (Å²) in [6.07, 6.45) is -3.92. The summed E-state index contributed by atoms with van der Waals surface area (Å²) in [7, 11) is 0. The van der Waals surface area contributed by atoms with Gasteiger partial charge in [0.1, 0.15) is 11.6 Å². The maximum absolute atomic E-state index is 13.1. The second-order valence-electron chi connectivity index (χ2n) is 5.27. The topological polar surface area (TPSA) is 15.3 Å². The van der Waals surface area contributed by atoms with E-state index in [-0.39, 0.29) is 13.1 Å². The second-order valence-corrected chi connectivity index (χ2v) is 5.27. The number of hydrogen-bond acceptors (Lipinski definition) is 2. The highest BCUT2D eigenvalue weighted by molar-refractivity contribution is 5.18. The lowest BCUT2D eigenvalue weighted by Gasteiger charge is -2.25. The van der Waals surface area contributed by atoms with Gasteiger partial charge >= 0.3 is 6.18 Å². The van der Waals surface area contributed by atoms with Crippen LogP contribution in [0.15, 0.2) is 18.2 Å². The third-order valence-corrected chi connectivity index (χ3v) is 3.58. The Bertz CT molecular complexity index is 455. The molecule has 1 aromatic carbocycles. The first kappa shape index (κ1) is 16.2. The van der Waals surface area contributed by atoms with Crippen molar-refractivity contribution in [3.05, 3.63) is 35.4 Å². The van der Waals surface area contributed by atoms with Crippen LogP contribution >= 0.6 is 0 Å². The molecule has 0 saturated carbocycles. The first-order valence-electron chi connectivity index (χ1n) is 6.79. The summed E-state index contributed by atoms with van der Waals surface area (Å²) in [6, 6.07) is 3.19. The van der Waals surface area contributed by atoms with Crippen molar-refractivity contribution in [2.75, 3.05) is 32.7 Å². The zero-order valence-corrected chi connectivity index (χ0v) is 11.4. The summed E-state index contributed by atoms with van der Waals surface area (Å²) in [5.41, 5.74) is 0.452. The second kappa shape index (κ2) is 6.70. The van der Waals surface area contributed by atoms with Gasteiger partial charge in [-0.3, -0.25) is 0 Å². The Morgan fingerprint density at radius 3 is 2.43 bits per heavy atom. The number of hydrogen-bond donors (Lipinski definition) is 1. The minimum Gasteiger partial charge on any atom is -0.315 e. The fraction of sp³-hybridized carbons (Fsp3) is 0.571. The average molecular weight is 308 g/mol. The lowest BCUT2D eigenvalue weighted by atomic mass is 10.1. The van der Waals surface area contributed by atoms with Crippen LogP contribution in [-0.2, 0) is 6.42 Å². The number of benzene rings is 1. The Morgan fingerprint density at radius 1 is 1.14 bits per heavy atom. The first-order valence-corrected chi connectivity index (χ1v) is 6.79. The van der Waals surface area contributed by atoms with Gasteiger partial charge in [-0.2, -0.15) is 13.2 Å². The molecule has 1 aliphatic heterocycles. The normalized spacial score (nSPS) is 21.3. The Morgan fingerprint density at radius 2 is 1.81 bits per heavy atom. The van der Waals surface area contributed by atoms with Crippen molar-refractivity contribution in [1.82, 2.24) is 10.2 Å². The summed E-state index contributed by atoms with van der Waals surface area (Å²) >= 11 is 0. The van der Waals surface area contributed by atoms with Crippen LogP contribution < -0.4 is 5.32 Å². The summed E-state index contributed by atoms with van der Waals surface area (Å²) in [5.74, 6) is -2.75. The van der Waals surface area contributed by atoms with Crippen LogP contribution in [0, 0.1) is 17.6 Å². The highest BCUT2D eigenvalue weighted by Crippen LogP contribution is 2.27. The summed E-state index contributed by atoms with van der Waals surface area (Å²) < 4.78 is 64.5. The highest BCUT2D eigenvalue weighted by Gasteiger charge is 2.40. The van der Waals surface area contributed by atoms with Crippen molar-refractivity contribution in [3.63, 3.8) is 0 Å². The van der Waals surface area contributed by atoms with E-state index in [1.165, 1.54) is 12.1 Å². The third kappa shape index (κ3) is 4.93. The smallest absolute Gasteiger partial charge is 0.315 e. The van der Waals surface area contributed by atoms with Crippen LogP contribution in [0.25, 0.3) is 0 Å². The molecule has 2 nitrogen and oxygen atoms in total. The van der Waals surface area contributed by atoms with Gasteiger partial charge < -0.3 is 10.2 Å². The van der Waals surface area contributed by atoms with Gasteiger partial charge in [-0.05, 0) is 24.1 Å². The molecule has 0 aromatic heterocycles. The van der Waals surface area contributed by atoms with Gasteiger partial charge in [0.25, 0.3) is 0 Å². The number of alkyl halides is 3. The van der Waals surface area contributed by atoms with E-state index in [2.05, 4.69) is 5.32 Å². The molecule has 2 rings (SSSR count). The minimum absolute atomic E-state index is 0.0887. The van der Waals surface area contributed by atoms with E-state index >= 15 is 0 Å². The van der Waals surface area contributed by atoms with Crippen molar-refractivity contribution < 1.29 is 22.0 Å². The van der Waals surface area contributed by atoms with Crippen LogP contribution in [0.2, 0.25) is 0 Å². The molecular weight excluding hydrogens is 291 g/mol. The predicted molar refractivity (Wildman–Crippen MR) is 68.9 cm³/mol. The van der Waals surface area contributed by atoms with E-state index in [0.29, 0.717) is 31.6 Å². The summed E-state index contributed by atoms with van der Waals surface area (Å²) in [5, 5.41) is 2.77. The van der Waals surface area contributed by atoms with E-state index in [1.54, 1.807) is 4.90 Å². The summed E-state index contributed by atoms with van der Waals surface area (Å²) in [4.78, 5) is 1.68. The van der Waals surface area contributed by atoms with E-state index in [9.17, 15) is 22.0 Å². The maximum Gasteiger partial charge on any atom is 0.394 e.